The molecule has 7 nitrogen and oxygen atoms in total. The molecular formula is C22H21N5O2. The zero-order chi connectivity index (χ0) is 20.4. The highest BCUT2D eigenvalue weighted by Gasteiger charge is 2.11. The Morgan fingerprint density at radius 3 is 2.59 bits per heavy atom. The van der Waals surface area contributed by atoms with Crippen molar-refractivity contribution < 1.29 is 9.47 Å². The normalized spacial score (nSPS) is 10.7. The number of aromatic nitrogens is 2. The zero-order valence-corrected chi connectivity index (χ0v) is 16.1. The number of benzene rings is 2. The fraction of sp³-hybridized carbons (Fsp3) is 0.0909. The number of nitrogen functional groups attached to an aromatic ring is 1. The van der Waals surface area contributed by atoms with Crippen molar-refractivity contribution in [3.8, 4) is 22.6 Å². The van der Waals surface area contributed by atoms with Gasteiger partial charge in [-0.3, -0.25) is 0 Å². The molecule has 4 rings (SSSR count). The van der Waals surface area contributed by atoms with Crippen molar-refractivity contribution in [2.45, 2.75) is 0 Å². The van der Waals surface area contributed by atoms with Gasteiger partial charge in [0.25, 0.3) is 0 Å². The number of hydrogen-bond donors (Lipinski definition) is 3. The zero-order valence-electron chi connectivity index (χ0n) is 16.1. The number of nitrogens with two attached hydrogens (primary N) is 1. The van der Waals surface area contributed by atoms with Gasteiger partial charge in [0, 0.05) is 53.4 Å². The molecule has 0 aliphatic heterocycles. The molecule has 2 heterocycles. The highest BCUT2D eigenvalue weighted by Crippen LogP contribution is 2.33. The van der Waals surface area contributed by atoms with E-state index in [9.17, 15) is 0 Å². The summed E-state index contributed by atoms with van der Waals surface area (Å²) in [6, 6.07) is 13.3. The van der Waals surface area contributed by atoms with Crippen molar-refractivity contribution in [2.24, 2.45) is 0 Å². The Balaban J connectivity index is 1.78. The summed E-state index contributed by atoms with van der Waals surface area (Å²) < 4.78 is 12.7. The van der Waals surface area contributed by atoms with E-state index in [1.165, 1.54) is 6.21 Å². The van der Waals surface area contributed by atoms with Crippen LogP contribution in [0.2, 0.25) is 0 Å². The Hall–Kier alpha value is -4.00. The predicted octanol–water partition coefficient (Wildman–Crippen LogP) is 4.34. The standard InChI is InChI=1S/C22H21N5O2/c1-28-20-6-5-17(11-21(20)29-2)26-19-10-16(13-27-8-7-25-22(19)27)14-3-4-15(12-23)18(24)9-14/h3-13,23,26H,24H2,1-2H3. The van der Waals surface area contributed by atoms with Crippen LogP contribution < -0.4 is 20.5 Å². The van der Waals surface area contributed by atoms with Gasteiger partial charge in [0.05, 0.1) is 19.9 Å². The van der Waals surface area contributed by atoms with Crippen LogP contribution in [0.25, 0.3) is 16.8 Å². The minimum absolute atomic E-state index is 0.567. The summed E-state index contributed by atoms with van der Waals surface area (Å²) in [4.78, 5) is 4.46. The van der Waals surface area contributed by atoms with Gasteiger partial charge in [-0.25, -0.2) is 4.98 Å². The Labute approximate surface area is 168 Å². The van der Waals surface area contributed by atoms with Crippen molar-refractivity contribution in [3.63, 3.8) is 0 Å². The number of pyridine rings is 1. The summed E-state index contributed by atoms with van der Waals surface area (Å²) in [5.41, 5.74) is 11.8. The molecule has 0 saturated heterocycles. The van der Waals surface area contributed by atoms with Crippen molar-refractivity contribution in [2.75, 3.05) is 25.3 Å². The largest absolute Gasteiger partial charge is 0.493 e. The van der Waals surface area contributed by atoms with Crippen molar-refractivity contribution in [1.29, 1.82) is 5.41 Å². The lowest BCUT2D eigenvalue weighted by atomic mass is 10.0. The van der Waals surface area contributed by atoms with Gasteiger partial charge in [-0.1, -0.05) is 12.1 Å². The van der Waals surface area contributed by atoms with Gasteiger partial charge in [-0.2, -0.15) is 0 Å². The van der Waals surface area contributed by atoms with Crippen LogP contribution in [0.3, 0.4) is 0 Å². The van der Waals surface area contributed by atoms with Crippen LogP contribution >= 0.6 is 0 Å². The molecule has 0 atom stereocenters. The topological polar surface area (TPSA) is 97.7 Å². The summed E-state index contributed by atoms with van der Waals surface area (Å²) in [6.07, 6.45) is 6.91. The molecule has 0 aliphatic rings. The minimum Gasteiger partial charge on any atom is -0.493 e. The molecule has 0 bridgehead atoms. The van der Waals surface area contributed by atoms with Crippen molar-refractivity contribution in [1.82, 2.24) is 9.38 Å². The Bertz CT molecular complexity index is 1200. The van der Waals surface area contributed by atoms with Crippen LogP contribution in [0.15, 0.2) is 61.1 Å². The molecule has 0 aliphatic carbocycles. The molecule has 0 unspecified atom stereocenters. The van der Waals surface area contributed by atoms with E-state index >= 15 is 0 Å². The minimum atomic E-state index is 0.567. The molecule has 0 saturated carbocycles. The molecule has 0 spiro atoms. The first-order chi connectivity index (χ1) is 14.1. The molecule has 4 N–H and O–H groups in total. The molecule has 2 aromatic carbocycles. The summed E-state index contributed by atoms with van der Waals surface area (Å²) in [5, 5.41) is 10.8. The predicted molar refractivity (Wildman–Crippen MR) is 116 cm³/mol. The third-order valence-electron chi connectivity index (χ3n) is 4.73. The van der Waals surface area contributed by atoms with Crippen LogP contribution in [0, 0.1) is 5.41 Å². The molecule has 7 heteroatoms. The van der Waals surface area contributed by atoms with Crippen LogP contribution in [0.4, 0.5) is 17.1 Å². The van der Waals surface area contributed by atoms with Gasteiger partial charge >= 0.3 is 0 Å². The molecule has 0 amide bonds. The van der Waals surface area contributed by atoms with Gasteiger partial charge in [-0.15, -0.1) is 0 Å². The second kappa shape index (κ2) is 7.55. The Morgan fingerprint density at radius 1 is 1.03 bits per heavy atom. The fourth-order valence-electron chi connectivity index (χ4n) is 3.24. The maximum absolute atomic E-state index is 7.42. The molecular weight excluding hydrogens is 366 g/mol. The Kier molecular flexibility index (Phi) is 4.78. The average Bonchev–Trinajstić information content (AvgIpc) is 3.22. The van der Waals surface area contributed by atoms with E-state index in [0.717, 1.165) is 28.1 Å². The number of hydrogen-bond acceptors (Lipinski definition) is 6. The molecule has 29 heavy (non-hydrogen) atoms. The Morgan fingerprint density at radius 2 is 1.86 bits per heavy atom. The average molecular weight is 387 g/mol. The summed E-state index contributed by atoms with van der Waals surface area (Å²) in [6.45, 7) is 0. The fourth-order valence-corrected chi connectivity index (χ4v) is 3.24. The lowest BCUT2D eigenvalue weighted by Gasteiger charge is -2.14. The lowest BCUT2D eigenvalue weighted by Crippen LogP contribution is -1.98. The molecule has 4 aromatic rings. The molecule has 146 valence electrons. The molecule has 0 fully saturated rings. The quantitative estimate of drug-likeness (QED) is 0.338. The maximum atomic E-state index is 7.42. The lowest BCUT2D eigenvalue weighted by molar-refractivity contribution is 0.355. The highest BCUT2D eigenvalue weighted by atomic mass is 16.5. The number of rotatable bonds is 6. The first-order valence-corrected chi connectivity index (χ1v) is 8.99. The van der Waals surface area contributed by atoms with E-state index < -0.39 is 0 Å². The van der Waals surface area contributed by atoms with Crippen molar-refractivity contribution in [3.05, 3.63) is 66.6 Å². The monoisotopic (exact) mass is 387 g/mol. The third kappa shape index (κ3) is 3.45. The van der Waals surface area contributed by atoms with Crippen molar-refractivity contribution >= 4 is 28.9 Å². The number of fused-ring (bicyclic) bond motifs is 1. The van der Waals surface area contributed by atoms with E-state index in [2.05, 4.69) is 10.3 Å². The van der Waals surface area contributed by atoms with Crippen LogP contribution in [0.1, 0.15) is 5.56 Å². The SMILES string of the molecule is COc1ccc(Nc2cc(-c3ccc(C=N)c(N)c3)cn3ccnc23)cc1OC. The maximum Gasteiger partial charge on any atom is 0.162 e. The molecule has 2 aromatic heterocycles. The first-order valence-electron chi connectivity index (χ1n) is 8.99. The van der Waals surface area contributed by atoms with Crippen LogP contribution in [-0.2, 0) is 0 Å². The summed E-state index contributed by atoms with van der Waals surface area (Å²) in [5.74, 6) is 1.31. The second-order valence-corrected chi connectivity index (χ2v) is 6.48. The van der Waals surface area contributed by atoms with Gasteiger partial charge in [0.15, 0.2) is 17.1 Å². The van der Waals surface area contributed by atoms with E-state index in [-0.39, 0.29) is 0 Å². The number of ether oxygens (including phenoxy) is 2. The van der Waals surface area contributed by atoms with Gasteiger partial charge in [0.1, 0.15) is 0 Å². The van der Waals surface area contributed by atoms with E-state index in [1.54, 1.807) is 20.4 Å². The van der Waals surface area contributed by atoms with Crippen LogP contribution in [0.5, 0.6) is 11.5 Å². The number of nitrogens with zero attached hydrogens (tertiary/aromatic N) is 2. The summed E-state index contributed by atoms with van der Waals surface area (Å²) >= 11 is 0. The van der Waals surface area contributed by atoms with E-state index in [0.29, 0.717) is 22.7 Å². The smallest absolute Gasteiger partial charge is 0.162 e. The number of methoxy groups -OCH3 is 2. The third-order valence-corrected chi connectivity index (χ3v) is 4.73. The number of anilines is 3. The van der Waals surface area contributed by atoms with Gasteiger partial charge in [0.2, 0.25) is 0 Å². The van der Waals surface area contributed by atoms with Crippen LogP contribution in [-0.4, -0.2) is 29.8 Å². The highest BCUT2D eigenvalue weighted by molar-refractivity contribution is 5.88. The summed E-state index contributed by atoms with van der Waals surface area (Å²) in [7, 11) is 3.22. The molecule has 0 radical (unpaired) electrons. The van der Waals surface area contributed by atoms with E-state index in [4.69, 9.17) is 20.6 Å². The number of imidazole rings is 1. The van der Waals surface area contributed by atoms with Gasteiger partial charge in [-0.05, 0) is 29.8 Å². The number of nitrogens with one attached hydrogen (secondary N) is 2. The first kappa shape index (κ1) is 18.4. The van der Waals surface area contributed by atoms with Gasteiger partial charge < -0.3 is 30.3 Å². The van der Waals surface area contributed by atoms with E-state index in [1.807, 2.05) is 59.3 Å². The second-order valence-electron chi connectivity index (χ2n) is 6.48.